The molecule has 0 radical (unpaired) electrons. The zero-order chi connectivity index (χ0) is 16.9. The fraction of sp³-hybridized carbons (Fsp3) is 0.700. The van der Waals surface area contributed by atoms with Gasteiger partial charge in [-0.1, -0.05) is 18.2 Å². The van der Waals surface area contributed by atoms with Gasteiger partial charge in [0.05, 0.1) is 18.4 Å². The lowest BCUT2D eigenvalue weighted by Crippen LogP contribution is -2.46. The Kier molecular flexibility index (Phi) is 2.55. The van der Waals surface area contributed by atoms with E-state index in [1.54, 1.807) is 0 Å². The van der Waals surface area contributed by atoms with Gasteiger partial charge in [-0.2, -0.15) is 0 Å². The summed E-state index contributed by atoms with van der Waals surface area (Å²) >= 11 is 0. The molecule has 6 atom stereocenters. The van der Waals surface area contributed by atoms with Crippen molar-refractivity contribution in [2.24, 2.45) is 28.6 Å². The van der Waals surface area contributed by atoms with Crippen molar-refractivity contribution in [3.63, 3.8) is 0 Å². The third-order valence-corrected chi connectivity index (χ3v) is 7.89. The summed E-state index contributed by atoms with van der Waals surface area (Å²) in [7, 11) is 1.47. The predicted molar refractivity (Wildman–Crippen MR) is 86.8 cm³/mol. The lowest BCUT2D eigenvalue weighted by atomic mass is 9.60. The molecule has 6 unspecified atom stereocenters. The number of esters is 2. The van der Waals surface area contributed by atoms with Gasteiger partial charge in [-0.15, -0.1) is 0 Å². The number of ether oxygens (including phenoxy) is 2. The number of allylic oxidation sites excluding steroid dienone is 2. The maximum absolute atomic E-state index is 12.9. The van der Waals surface area contributed by atoms with Gasteiger partial charge in [-0.3, -0.25) is 9.59 Å². The standard InChI is InChI=1S/C20H24O4/c1-11-9-19-10-12(11)5-6-13(19)20-8-4-7-18(2,17(22)24-20)15(20)14(19)16(21)23-3/h6,12,14-15H,1,4-5,7-10H2,2-3H3. The highest BCUT2D eigenvalue weighted by Gasteiger charge is 2.79. The molecule has 4 aliphatic carbocycles. The molecule has 4 bridgehead atoms. The van der Waals surface area contributed by atoms with E-state index < -0.39 is 11.0 Å². The Morgan fingerprint density at radius 3 is 2.96 bits per heavy atom. The van der Waals surface area contributed by atoms with E-state index >= 15 is 0 Å². The Bertz CT molecular complexity index is 721. The molecule has 5 rings (SSSR count). The molecule has 1 heterocycles. The quantitative estimate of drug-likeness (QED) is 0.548. The second kappa shape index (κ2) is 4.14. The molecule has 4 nitrogen and oxygen atoms in total. The minimum absolute atomic E-state index is 0.0883. The van der Waals surface area contributed by atoms with Crippen LogP contribution in [-0.4, -0.2) is 24.6 Å². The average Bonchev–Trinajstić information content (AvgIpc) is 2.99. The lowest BCUT2D eigenvalue weighted by molar-refractivity contribution is -0.154. The number of carbonyl (C=O) groups excluding carboxylic acids is 2. The third kappa shape index (κ3) is 1.32. The number of hydrogen-bond donors (Lipinski definition) is 0. The van der Waals surface area contributed by atoms with Gasteiger partial charge < -0.3 is 9.47 Å². The van der Waals surface area contributed by atoms with Gasteiger partial charge in [-0.25, -0.2) is 0 Å². The molecule has 1 aliphatic heterocycles. The van der Waals surface area contributed by atoms with Crippen molar-refractivity contribution in [2.45, 2.75) is 51.0 Å². The molecule has 24 heavy (non-hydrogen) atoms. The Morgan fingerprint density at radius 1 is 1.42 bits per heavy atom. The second-order valence-electron chi connectivity index (χ2n) is 8.77. The number of carbonyl (C=O) groups is 2. The van der Waals surface area contributed by atoms with Crippen LogP contribution in [0.4, 0.5) is 0 Å². The zero-order valence-corrected chi connectivity index (χ0v) is 14.4. The van der Waals surface area contributed by atoms with Crippen LogP contribution in [0.2, 0.25) is 0 Å². The molecule has 5 aliphatic rings. The van der Waals surface area contributed by atoms with Gasteiger partial charge in [0.2, 0.25) is 0 Å². The van der Waals surface area contributed by atoms with Crippen LogP contribution in [0.1, 0.15) is 45.4 Å². The molecule has 1 saturated heterocycles. The van der Waals surface area contributed by atoms with Crippen molar-refractivity contribution in [1.29, 1.82) is 0 Å². The summed E-state index contributed by atoms with van der Waals surface area (Å²) < 4.78 is 11.4. The first-order chi connectivity index (χ1) is 11.4. The number of hydrogen-bond acceptors (Lipinski definition) is 4. The van der Waals surface area contributed by atoms with Gasteiger partial charge in [0.25, 0.3) is 0 Å². The van der Waals surface area contributed by atoms with E-state index in [0.29, 0.717) is 5.92 Å². The Balaban J connectivity index is 1.78. The first-order valence-corrected chi connectivity index (χ1v) is 9.09. The van der Waals surface area contributed by atoms with Gasteiger partial charge in [-0.05, 0) is 56.9 Å². The van der Waals surface area contributed by atoms with Crippen LogP contribution < -0.4 is 0 Å². The molecule has 0 aromatic carbocycles. The van der Waals surface area contributed by atoms with Gasteiger partial charge in [0.15, 0.2) is 0 Å². The minimum atomic E-state index is -0.571. The van der Waals surface area contributed by atoms with E-state index in [9.17, 15) is 9.59 Å². The Morgan fingerprint density at radius 2 is 2.21 bits per heavy atom. The van der Waals surface area contributed by atoms with Crippen molar-refractivity contribution in [3.8, 4) is 0 Å². The van der Waals surface area contributed by atoms with Gasteiger partial charge in [0, 0.05) is 11.3 Å². The van der Waals surface area contributed by atoms with Crippen molar-refractivity contribution >= 4 is 11.9 Å². The van der Waals surface area contributed by atoms with Gasteiger partial charge in [0.1, 0.15) is 5.60 Å². The largest absolute Gasteiger partial charge is 0.469 e. The molecule has 0 amide bonds. The molecule has 128 valence electrons. The van der Waals surface area contributed by atoms with Crippen molar-refractivity contribution in [1.82, 2.24) is 0 Å². The van der Waals surface area contributed by atoms with Gasteiger partial charge >= 0.3 is 11.9 Å². The average molecular weight is 328 g/mol. The van der Waals surface area contributed by atoms with Crippen LogP contribution in [0.3, 0.4) is 0 Å². The van der Waals surface area contributed by atoms with Crippen LogP contribution in [0, 0.1) is 28.6 Å². The summed E-state index contributed by atoms with van der Waals surface area (Å²) in [6.45, 7) is 6.29. The molecular weight excluding hydrogens is 304 g/mol. The number of rotatable bonds is 1. The fourth-order valence-electron chi connectivity index (χ4n) is 7.09. The third-order valence-electron chi connectivity index (χ3n) is 7.89. The topological polar surface area (TPSA) is 52.6 Å². The van der Waals surface area contributed by atoms with E-state index in [0.717, 1.165) is 38.5 Å². The maximum atomic E-state index is 12.9. The Labute approximate surface area is 142 Å². The Hall–Kier alpha value is -1.58. The molecule has 4 heteroatoms. The highest BCUT2D eigenvalue weighted by Crippen LogP contribution is 2.76. The van der Waals surface area contributed by atoms with E-state index in [2.05, 4.69) is 12.7 Å². The molecule has 1 spiro atoms. The summed E-state index contributed by atoms with van der Waals surface area (Å²) in [6.07, 6.45) is 7.68. The van der Waals surface area contributed by atoms with Crippen LogP contribution in [0.25, 0.3) is 0 Å². The van der Waals surface area contributed by atoms with E-state index in [1.807, 2.05) is 6.92 Å². The minimum Gasteiger partial charge on any atom is -0.469 e. The van der Waals surface area contributed by atoms with Crippen LogP contribution in [-0.2, 0) is 19.1 Å². The van der Waals surface area contributed by atoms with E-state index in [1.165, 1.54) is 18.3 Å². The molecule has 0 aromatic rings. The highest BCUT2D eigenvalue weighted by atomic mass is 16.6. The van der Waals surface area contributed by atoms with Crippen LogP contribution in [0.15, 0.2) is 23.8 Å². The molecule has 3 saturated carbocycles. The molecule has 0 aromatic heterocycles. The van der Waals surface area contributed by atoms with Crippen molar-refractivity contribution in [2.75, 3.05) is 7.11 Å². The first-order valence-electron chi connectivity index (χ1n) is 9.09. The second-order valence-corrected chi connectivity index (χ2v) is 8.77. The first kappa shape index (κ1) is 14.7. The monoisotopic (exact) mass is 328 g/mol. The summed E-state index contributed by atoms with van der Waals surface area (Å²) in [4.78, 5) is 25.7. The molecule has 4 fully saturated rings. The zero-order valence-electron chi connectivity index (χ0n) is 14.4. The summed E-state index contributed by atoms with van der Waals surface area (Å²) in [5, 5.41) is 0. The predicted octanol–water partition coefficient (Wildman–Crippen LogP) is 3.17. The summed E-state index contributed by atoms with van der Waals surface area (Å²) in [5.74, 6) is -0.204. The lowest BCUT2D eigenvalue weighted by Gasteiger charge is -2.39. The highest BCUT2D eigenvalue weighted by molar-refractivity contribution is 5.87. The van der Waals surface area contributed by atoms with E-state index in [-0.39, 0.29) is 29.2 Å². The van der Waals surface area contributed by atoms with Crippen LogP contribution >= 0.6 is 0 Å². The molecular formula is C20H24O4. The fourth-order valence-corrected chi connectivity index (χ4v) is 7.09. The molecule has 0 N–H and O–H groups in total. The maximum Gasteiger partial charge on any atom is 0.313 e. The number of methoxy groups -OCH3 is 1. The van der Waals surface area contributed by atoms with E-state index in [4.69, 9.17) is 9.47 Å². The van der Waals surface area contributed by atoms with Crippen molar-refractivity contribution < 1.29 is 19.1 Å². The smallest absolute Gasteiger partial charge is 0.313 e. The summed E-state index contributed by atoms with van der Waals surface area (Å²) in [6, 6.07) is 0. The SMILES string of the molecule is C=C1CC23CC1CC=C2C12CCCC(C)(C(=O)O1)C2C3C(=O)OC. The number of fused-ring (bicyclic) bond motifs is 1. The van der Waals surface area contributed by atoms with Crippen molar-refractivity contribution in [3.05, 3.63) is 23.8 Å². The summed E-state index contributed by atoms with van der Waals surface area (Å²) in [5.41, 5.74) is 1.10. The van der Waals surface area contributed by atoms with Crippen LogP contribution in [0.5, 0.6) is 0 Å². The normalized spacial score (nSPS) is 50.9.